The number of hydrogen-bond donors (Lipinski definition) is 2. The highest BCUT2D eigenvalue weighted by Gasteiger charge is 2.19. The van der Waals surface area contributed by atoms with Gasteiger partial charge in [0.05, 0.1) is 0 Å². The second-order valence-electron chi connectivity index (χ2n) is 5.00. The number of ether oxygens (including phenoxy) is 1. The molecular formula is C17H18O4. The third-order valence-corrected chi connectivity index (χ3v) is 3.31. The minimum absolute atomic E-state index is 0.213. The van der Waals surface area contributed by atoms with E-state index in [0.29, 0.717) is 11.1 Å². The van der Waals surface area contributed by atoms with Crippen LogP contribution in [0, 0.1) is 13.8 Å². The molecule has 21 heavy (non-hydrogen) atoms. The van der Waals surface area contributed by atoms with Crippen LogP contribution in [0.2, 0.25) is 0 Å². The zero-order valence-corrected chi connectivity index (χ0v) is 12.0. The summed E-state index contributed by atoms with van der Waals surface area (Å²) in [5.41, 5.74) is 3.12. The van der Waals surface area contributed by atoms with Crippen LogP contribution in [-0.2, 0) is 11.4 Å². The molecule has 2 aromatic carbocycles. The number of hydrogen-bond acceptors (Lipinski definition) is 3. The van der Waals surface area contributed by atoms with Gasteiger partial charge in [-0.05, 0) is 42.2 Å². The molecule has 2 aromatic rings. The topological polar surface area (TPSA) is 66.8 Å². The molecule has 0 fully saturated rings. The molecule has 0 saturated heterocycles. The summed E-state index contributed by atoms with van der Waals surface area (Å²) in [6.45, 7) is 4.14. The van der Waals surface area contributed by atoms with E-state index in [1.807, 2.05) is 32.0 Å². The van der Waals surface area contributed by atoms with Crippen LogP contribution in [-0.4, -0.2) is 16.2 Å². The van der Waals surface area contributed by atoms with Gasteiger partial charge in [0.25, 0.3) is 0 Å². The maximum Gasteiger partial charge on any atom is 0.337 e. The summed E-state index contributed by atoms with van der Waals surface area (Å²) in [6, 6.07) is 12.8. The minimum atomic E-state index is -1.54. The monoisotopic (exact) mass is 286 g/mol. The number of benzene rings is 2. The van der Waals surface area contributed by atoms with E-state index in [1.54, 1.807) is 24.3 Å². The van der Waals surface area contributed by atoms with Crippen molar-refractivity contribution in [1.82, 2.24) is 0 Å². The van der Waals surface area contributed by atoms with Gasteiger partial charge in [-0.1, -0.05) is 36.4 Å². The molecule has 1 unspecified atom stereocenters. The van der Waals surface area contributed by atoms with E-state index in [2.05, 4.69) is 0 Å². The largest absolute Gasteiger partial charge is 0.489 e. The fourth-order valence-electron chi connectivity index (χ4n) is 2.08. The zero-order chi connectivity index (χ0) is 15.4. The Morgan fingerprint density at radius 3 is 2.62 bits per heavy atom. The first-order valence-corrected chi connectivity index (χ1v) is 6.68. The summed E-state index contributed by atoms with van der Waals surface area (Å²) in [5, 5.41) is 18.7. The smallest absolute Gasteiger partial charge is 0.337 e. The van der Waals surface area contributed by atoms with Gasteiger partial charge in [-0.15, -0.1) is 0 Å². The molecule has 110 valence electrons. The van der Waals surface area contributed by atoms with Crippen molar-refractivity contribution in [2.75, 3.05) is 0 Å². The van der Waals surface area contributed by atoms with E-state index < -0.39 is 12.1 Å². The number of aliphatic hydroxyl groups excluding tert-OH is 1. The van der Waals surface area contributed by atoms with E-state index in [1.165, 1.54) is 0 Å². The Kier molecular flexibility index (Phi) is 4.60. The molecule has 0 radical (unpaired) electrons. The second kappa shape index (κ2) is 6.41. The average Bonchev–Trinajstić information content (AvgIpc) is 2.47. The standard InChI is InChI=1S/C17H18O4/c1-11-7-8-12(2)15(9-11)21-10-13-5-3-4-6-14(13)16(18)17(19)20/h3-9,16,18H,10H2,1-2H3,(H,19,20). The summed E-state index contributed by atoms with van der Waals surface area (Å²) in [6.07, 6.45) is -1.54. The van der Waals surface area contributed by atoms with Crippen LogP contribution in [0.15, 0.2) is 42.5 Å². The molecule has 0 aliphatic rings. The van der Waals surface area contributed by atoms with Crippen molar-refractivity contribution >= 4 is 5.97 Å². The number of aliphatic hydroxyl groups is 1. The SMILES string of the molecule is Cc1ccc(C)c(OCc2ccccc2C(O)C(=O)O)c1. The molecule has 0 amide bonds. The maximum absolute atomic E-state index is 10.9. The Hall–Kier alpha value is -2.33. The average molecular weight is 286 g/mol. The molecule has 1 atom stereocenters. The molecule has 0 aromatic heterocycles. The van der Waals surface area contributed by atoms with Crippen LogP contribution in [0.4, 0.5) is 0 Å². The van der Waals surface area contributed by atoms with Crippen molar-refractivity contribution < 1.29 is 19.7 Å². The summed E-state index contributed by atoms with van der Waals surface area (Å²) in [5.74, 6) is -0.510. The molecule has 2 rings (SSSR count). The lowest BCUT2D eigenvalue weighted by atomic mass is 10.0. The first kappa shape index (κ1) is 15.1. The Morgan fingerprint density at radius 2 is 1.90 bits per heavy atom. The van der Waals surface area contributed by atoms with E-state index in [0.717, 1.165) is 16.9 Å². The highest BCUT2D eigenvalue weighted by atomic mass is 16.5. The summed E-state index contributed by atoms with van der Waals surface area (Å²) in [7, 11) is 0. The van der Waals surface area contributed by atoms with Gasteiger partial charge in [-0.2, -0.15) is 0 Å². The second-order valence-corrected chi connectivity index (χ2v) is 5.00. The predicted molar refractivity (Wildman–Crippen MR) is 79.3 cm³/mol. The van der Waals surface area contributed by atoms with Crippen LogP contribution in [0.3, 0.4) is 0 Å². The van der Waals surface area contributed by atoms with Crippen molar-refractivity contribution in [3.05, 3.63) is 64.7 Å². The molecule has 2 N–H and O–H groups in total. The number of rotatable bonds is 5. The molecule has 4 heteroatoms. The maximum atomic E-state index is 10.9. The first-order valence-electron chi connectivity index (χ1n) is 6.68. The zero-order valence-electron chi connectivity index (χ0n) is 12.0. The molecule has 0 spiro atoms. The van der Waals surface area contributed by atoms with Gasteiger partial charge in [-0.3, -0.25) is 0 Å². The van der Waals surface area contributed by atoms with Gasteiger partial charge in [-0.25, -0.2) is 4.79 Å². The van der Waals surface area contributed by atoms with Gasteiger partial charge in [0.1, 0.15) is 12.4 Å². The van der Waals surface area contributed by atoms with Gasteiger partial charge < -0.3 is 14.9 Å². The molecule has 0 bridgehead atoms. The van der Waals surface area contributed by atoms with E-state index in [-0.39, 0.29) is 6.61 Å². The van der Waals surface area contributed by atoms with Crippen molar-refractivity contribution in [2.45, 2.75) is 26.6 Å². The molecule has 4 nitrogen and oxygen atoms in total. The summed E-state index contributed by atoms with van der Waals surface area (Å²) in [4.78, 5) is 10.9. The fourth-order valence-corrected chi connectivity index (χ4v) is 2.08. The van der Waals surface area contributed by atoms with E-state index >= 15 is 0 Å². The quantitative estimate of drug-likeness (QED) is 0.886. The van der Waals surface area contributed by atoms with Crippen molar-refractivity contribution in [2.24, 2.45) is 0 Å². The molecular weight excluding hydrogens is 268 g/mol. The highest BCUT2D eigenvalue weighted by molar-refractivity contribution is 5.74. The van der Waals surface area contributed by atoms with E-state index in [4.69, 9.17) is 9.84 Å². The van der Waals surface area contributed by atoms with Crippen LogP contribution < -0.4 is 4.74 Å². The van der Waals surface area contributed by atoms with Crippen LogP contribution >= 0.6 is 0 Å². The third-order valence-electron chi connectivity index (χ3n) is 3.31. The van der Waals surface area contributed by atoms with Crippen molar-refractivity contribution in [3.63, 3.8) is 0 Å². The number of carboxylic acid groups (broad SMARTS) is 1. The molecule has 0 saturated carbocycles. The lowest BCUT2D eigenvalue weighted by Gasteiger charge is -2.14. The van der Waals surface area contributed by atoms with Gasteiger partial charge in [0, 0.05) is 0 Å². The third kappa shape index (κ3) is 3.61. The summed E-state index contributed by atoms with van der Waals surface area (Å²) >= 11 is 0. The molecule has 0 aliphatic carbocycles. The van der Waals surface area contributed by atoms with Crippen molar-refractivity contribution in [1.29, 1.82) is 0 Å². The Morgan fingerprint density at radius 1 is 1.19 bits per heavy atom. The highest BCUT2D eigenvalue weighted by Crippen LogP contribution is 2.23. The van der Waals surface area contributed by atoms with Gasteiger partial charge in [0.15, 0.2) is 6.10 Å². The van der Waals surface area contributed by atoms with Gasteiger partial charge >= 0.3 is 5.97 Å². The Labute approximate surface area is 123 Å². The minimum Gasteiger partial charge on any atom is -0.489 e. The van der Waals surface area contributed by atoms with E-state index in [9.17, 15) is 9.90 Å². The van der Waals surface area contributed by atoms with Crippen molar-refractivity contribution in [3.8, 4) is 5.75 Å². The normalized spacial score (nSPS) is 12.0. The fraction of sp³-hybridized carbons (Fsp3) is 0.235. The van der Waals surface area contributed by atoms with Gasteiger partial charge in [0.2, 0.25) is 0 Å². The molecule has 0 heterocycles. The first-order chi connectivity index (χ1) is 9.99. The van der Waals surface area contributed by atoms with Crippen LogP contribution in [0.5, 0.6) is 5.75 Å². The number of aryl methyl sites for hydroxylation is 2. The number of carboxylic acids is 1. The predicted octanol–water partition coefficient (Wildman–Crippen LogP) is 3.00. The Bertz CT molecular complexity index is 649. The molecule has 0 aliphatic heterocycles. The Balaban J connectivity index is 2.20. The summed E-state index contributed by atoms with van der Waals surface area (Å²) < 4.78 is 5.77. The van der Waals surface area contributed by atoms with Crippen LogP contribution in [0.25, 0.3) is 0 Å². The lowest BCUT2D eigenvalue weighted by Crippen LogP contribution is -2.13. The number of aliphatic carboxylic acids is 1. The van der Waals surface area contributed by atoms with Crippen LogP contribution in [0.1, 0.15) is 28.4 Å². The number of carbonyl (C=O) groups is 1. The lowest BCUT2D eigenvalue weighted by molar-refractivity contribution is -0.147.